The molecule has 0 saturated carbocycles. The first-order valence-electron chi connectivity index (χ1n) is 6.47. The van der Waals surface area contributed by atoms with Crippen molar-refractivity contribution in [2.75, 3.05) is 13.7 Å². The van der Waals surface area contributed by atoms with Crippen molar-refractivity contribution in [2.24, 2.45) is 0 Å². The fraction of sp³-hybridized carbons (Fsp3) is 0.333. The lowest BCUT2D eigenvalue weighted by Crippen LogP contribution is -2.23. The SMILES string of the molecule is CCCNC(c1ccc(F)c(OC)c1)c1occc1Br. The minimum absolute atomic E-state index is 0.145. The number of benzene rings is 1. The molecule has 108 valence electrons. The molecule has 0 aliphatic rings. The number of rotatable bonds is 6. The first-order valence-corrected chi connectivity index (χ1v) is 7.26. The minimum atomic E-state index is -0.371. The van der Waals surface area contributed by atoms with Gasteiger partial charge in [-0.1, -0.05) is 13.0 Å². The number of hydrogen-bond acceptors (Lipinski definition) is 3. The summed E-state index contributed by atoms with van der Waals surface area (Å²) in [6, 6.07) is 6.54. The Hall–Kier alpha value is -1.33. The molecule has 20 heavy (non-hydrogen) atoms. The summed E-state index contributed by atoms with van der Waals surface area (Å²) in [6.45, 7) is 2.92. The molecule has 0 aliphatic heterocycles. The van der Waals surface area contributed by atoms with Crippen molar-refractivity contribution in [2.45, 2.75) is 19.4 Å². The summed E-state index contributed by atoms with van der Waals surface area (Å²) in [6.07, 6.45) is 2.62. The van der Waals surface area contributed by atoms with Crippen LogP contribution in [-0.4, -0.2) is 13.7 Å². The van der Waals surface area contributed by atoms with Gasteiger partial charge in [-0.25, -0.2) is 4.39 Å². The molecule has 2 rings (SSSR count). The molecular formula is C15H17BrFNO2. The van der Waals surface area contributed by atoms with E-state index in [1.54, 1.807) is 18.4 Å². The van der Waals surface area contributed by atoms with Crippen LogP contribution in [0, 0.1) is 5.82 Å². The molecule has 1 atom stereocenters. The summed E-state index contributed by atoms with van der Waals surface area (Å²) >= 11 is 3.47. The maximum atomic E-state index is 13.5. The number of ether oxygens (including phenoxy) is 1. The Morgan fingerprint density at radius 3 is 2.80 bits per heavy atom. The molecule has 0 bridgehead atoms. The average Bonchev–Trinajstić information content (AvgIpc) is 2.87. The third-order valence-electron chi connectivity index (χ3n) is 3.01. The van der Waals surface area contributed by atoms with Gasteiger partial charge in [0.15, 0.2) is 11.6 Å². The van der Waals surface area contributed by atoms with Gasteiger partial charge in [0.25, 0.3) is 0 Å². The third kappa shape index (κ3) is 3.22. The van der Waals surface area contributed by atoms with Crippen LogP contribution in [0.25, 0.3) is 0 Å². The van der Waals surface area contributed by atoms with Crippen LogP contribution in [0.15, 0.2) is 39.4 Å². The zero-order chi connectivity index (χ0) is 14.5. The molecule has 0 amide bonds. The Morgan fingerprint density at radius 2 is 2.20 bits per heavy atom. The zero-order valence-electron chi connectivity index (χ0n) is 11.5. The van der Waals surface area contributed by atoms with Crippen LogP contribution >= 0.6 is 15.9 Å². The predicted octanol–water partition coefficient (Wildman–Crippen LogP) is 4.28. The second-order valence-electron chi connectivity index (χ2n) is 4.41. The summed E-state index contributed by atoms with van der Waals surface area (Å²) in [5.41, 5.74) is 0.896. The molecule has 1 unspecified atom stereocenters. The summed E-state index contributed by atoms with van der Waals surface area (Å²) in [5.74, 6) is 0.629. The van der Waals surface area contributed by atoms with Crippen LogP contribution in [0.5, 0.6) is 5.75 Å². The van der Waals surface area contributed by atoms with Crippen LogP contribution in [0.4, 0.5) is 4.39 Å². The Balaban J connectivity index is 2.38. The lowest BCUT2D eigenvalue weighted by Gasteiger charge is -2.18. The third-order valence-corrected chi connectivity index (χ3v) is 3.67. The van der Waals surface area contributed by atoms with E-state index in [-0.39, 0.29) is 17.6 Å². The predicted molar refractivity (Wildman–Crippen MR) is 79.5 cm³/mol. The van der Waals surface area contributed by atoms with Gasteiger partial charge in [0.1, 0.15) is 5.76 Å². The van der Waals surface area contributed by atoms with E-state index in [1.165, 1.54) is 13.2 Å². The van der Waals surface area contributed by atoms with Gasteiger partial charge < -0.3 is 14.5 Å². The molecule has 0 radical (unpaired) electrons. The van der Waals surface area contributed by atoms with E-state index in [0.29, 0.717) is 0 Å². The van der Waals surface area contributed by atoms with E-state index in [9.17, 15) is 4.39 Å². The number of methoxy groups -OCH3 is 1. The van der Waals surface area contributed by atoms with Crippen LogP contribution < -0.4 is 10.1 Å². The molecular weight excluding hydrogens is 325 g/mol. The van der Waals surface area contributed by atoms with Crippen LogP contribution in [-0.2, 0) is 0 Å². The zero-order valence-corrected chi connectivity index (χ0v) is 13.0. The summed E-state index contributed by atoms with van der Waals surface area (Å²) in [7, 11) is 1.46. The largest absolute Gasteiger partial charge is 0.494 e. The van der Waals surface area contributed by atoms with Gasteiger partial charge in [0.2, 0.25) is 0 Å². The summed E-state index contributed by atoms with van der Waals surface area (Å²) in [4.78, 5) is 0. The maximum absolute atomic E-state index is 13.5. The van der Waals surface area contributed by atoms with Gasteiger partial charge in [-0.15, -0.1) is 0 Å². The number of halogens is 2. The highest BCUT2D eigenvalue weighted by Crippen LogP contribution is 2.32. The van der Waals surface area contributed by atoms with E-state index < -0.39 is 0 Å². The quantitative estimate of drug-likeness (QED) is 0.851. The van der Waals surface area contributed by atoms with E-state index in [4.69, 9.17) is 9.15 Å². The monoisotopic (exact) mass is 341 g/mol. The highest BCUT2D eigenvalue weighted by molar-refractivity contribution is 9.10. The van der Waals surface area contributed by atoms with Gasteiger partial charge in [0.05, 0.1) is 23.9 Å². The van der Waals surface area contributed by atoms with Gasteiger partial charge in [-0.2, -0.15) is 0 Å². The molecule has 1 heterocycles. The number of hydrogen-bond donors (Lipinski definition) is 1. The van der Waals surface area contributed by atoms with Crippen molar-refractivity contribution < 1.29 is 13.5 Å². The van der Waals surface area contributed by atoms with Crippen LogP contribution in [0.3, 0.4) is 0 Å². The summed E-state index contributed by atoms with van der Waals surface area (Å²) < 4.78 is 25.0. The molecule has 1 N–H and O–H groups in total. The number of furan rings is 1. The lowest BCUT2D eigenvalue weighted by atomic mass is 10.0. The van der Waals surface area contributed by atoms with Crippen molar-refractivity contribution in [1.82, 2.24) is 5.32 Å². The van der Waals surface area contributed by atoms with Crippen molar-refractivity contribution in [3.8, 4) is 5.75 Å². The van der Waals surface area contributed by atoms with E-state index >= 15 is 0 Å². The van der Waals surface area contributed by atoms with E-state index in [0.717, 1.165) is 28.8 Å². The van der Waals surface area contributed by atoms with Gasteiger partial charge in [0, 0.05) is 0 Å². The first-order chi connectivity index (χ1) is 9.67. The van der Waals surface area contributed by atoms with Crippen LogP contribution in [0.2, 0.25) is 0 Å². The highest BCUT2D eigenvalue weighted by atomic mass is 79.9. The average molecular weight is 342 g/mol. The van der Waals surface area contributed by atoms with E-state index in [2.05, 4.69) is 28.2 Å². The molecule has 1 aromatic heterocycles. The van der Waals surface area contributed by atoms with Gasteiger partial charge >= 0.3 is 0 Å². The second kappa shape index (κ2) is 6.90. The minimum Gasteiger partial charge on any atom is -0.494 e. The topological polar surface area (TPSA) is 34.4 Å². The second-order valence-corrected chi connectivity index (χ2v) is 5.27. The maximum Gasteiger partial charge on any atom is 0.165 e. The normalized spacial score (nSPS) is 12.4. The van der Waals surface area contributed by atoms with Gasteiger partial charge in [-0.05, 0) is 52.7 Å². The van der Waals surface area contributed by atoms with Crippen molar-refractivity contribution >= 4 is 15.9 Å². The summed E-state index contributed by atoms with van der Waals surface area (Å²) in [5, 5.41) is 3.40. The molecule has 0 aliphatic carbocycles. The molecule has 0 spiro atoms. The molecule has 2 aromatic rings. The Labute approximate surface area is 126 Å². The fourth-order valence-corrected chi connectivity index (χ4v) is 2.45. The molecule has 0 fully saturated rings. The fourth-order valence-electron chi connectivity index (χ4n) is 2.02. The molecule has 1 aromatic carbocycles. The smallest absolute Gasteiger partial charge is 0.165 e. The highest BCUT2D eigenvalue weighted by Gasteiger charge is 2.20. The van der Waals surface area contributed by atoms with Crippen molar-refractivity contribution in [3.05, 3.63) is 52.1 Å². The van der Waals surface area contributed by atoms with Crippen molar-refractivity contribution in [3.63, 3.8) is 0 Å². The lowest BCUT2D eigenvalue weighted by molar-refractivity contribution is 0.384. The Bertz CT molecular complexity index is 571. The molecule has 3 nitrogen and oxygen atoms in total. The number of nitrogens with one attached hydrogen (secondary N) is 1. The molecule has 0 saturated heterocycles. The Morgan fingerprint density at radius 1 is 1.40 bits per heavy atom. The van der Waals surface area contributed by atoms with Crippen molar-refractivity contribution in [1.29, 1.82) is 0 Å². The molecule has 5 heteroatoms. The van der Waals surface area contributed by atoms with Crippen LogP contribution in [0.1, 0.15) is 30.7 Å². The standard InChI is InChI=1S/C15H17BrFNO2/c1-3-7-18-14(15-11(16)6-8-20-15)10-4-5-12(17)13(9-10)19-2/h4-6,8-9,14,18H,3,7H2,1-2H3. The van der Waals surface area contributed by atoms with E-state index in [1.807, 2.05) is 6.07 Å². The first kappa shape index (κ1) is 15.1. The Kier molecular flexibility index (Phi) is 5.20. The van der Waals surface area contributed by atoms with Gasteiger partial charge in [-0.3, -0.25) is 0 Å².